The highest BCUT2D eigenvalue weighted by Gasteiger charge is 2.21. The molecule has 0 saturated carbocycles. The third-order valence-electron chi connectivity index (χ3n) is 2.82. The standard InChI is InChI=1S/C14H18FN3/c1-14(2,3)18-13(11(8-16)9-17-18)10-4-6-12(15)7-5-10/h4-7,9H,8,16H2,1-3H3. The summed E-state index contributed by atoms with van der Waals surface area (Å²) < 4.78 is 14.9. The summed E-state index contributed by atoms with van der Waals surface area (Å²) in [6, 6.07) is 6.42. The van der Waals surface area contributed by atoms with Gasteiger partial charge in [0.05, 0.1) is 17.4 Å². The number of aromatic nitrogens is 2. The molecule has 0 bridgehead atoms. The van der Waals surface area contributed by atoms with Crippen molar-refractivity contribution in [2.24, 2.45) is 5.73 Å². The van der Waals surface area contributed by atoms with Crippen LogP contribution >= 0.6 is 0 Å². The first-order chi connectivity index (χ1) is 8.43. The second-order valence-corrected chi connectivity index (χ2v) is 5.31. The molecule has 0 unspecified atom stereocenters. The van der Waals surface area contributed by atoms with E-state index in [1.54, 1.807) is 18.3 Å². The molecule has 0 aliphatic carbocycles. The summed E-state index contributed by atoms with van der Waals surface area (Å²) in [6.07, 6.45) is 1.78. The van der Waals surface area contributed by atoms with Gasteiger partial charge in [0, 0.05) is 17.7 Å². The summed E-state index contributed by atoms with van der Waals surface area (Å²) in [5.41, 5.74) is 8.47. The Kier molecular flexibility index (Phi) is 3.22. The molecule has 96 valence electrons. The fraction of sp³-hybridized carbons (Fsp3) is 0.357. The van der Waals surface area contributed by atoms with Crippen LogP contribution in [0.15, 0.2) is 30.5 Å². The van der Waals surface area contributed by atoms with Gasteiger partial charge in [-0.1, -0.05) is 0 Å². The minimum absolute atomic E-state index is 0.142. The van der Waals surface area contributed by atoms with Crippen LogP contribution in [0, 0.1) is 5.82 Å². The molecular weight excluding hydrogens is 229 g/mol. The van der Waals surface area contributed by atoms with E-state index in [2.05, 4.69) is 25.9 Å². The Balaban J connectivity index is 2.61. The SMILES string of the molecule is CC(C)(C)n1ncc(CN)c1-c1ccc(F)cc1. The van der Waals surface area contributed by atoms with Crippen LogP contribution in [0.5, 0.6) is 0 Å². The third-order valence-corrected chi connectivity index (χ3v) is 2.82. The van der Waals surface area contributed by atoms with Gasteiger partial charge < -0.3 is 5.73 Å². The van der Waals surface area contributed by atoms with E-state index >= 15 is 0 Å². The fourth-order valence-corrected chi connectivity index (χ4v) is 1.96. The molecule has 0 amide bonds. The van der Waals surface area contributed by atoms with Crippen molar-refractivity contribution in [3.05, 3.63) is 41.8 Å². The maximum absolute atomic E-state index is 13.0. The van der Waals surface area contributed by atoms with Gasteiger partial charge in [0.2, 0.25) is 0 Å². The summed E-state index contributed by atoms with van der Waals surface area (Å²) in [4.78, 5) is 0. The Morgan fingerprint density at radius 1 is 1.22 bits per heavy atom. The van der Waals surface area contributed by atoms with Gasteiger partial charge in [0.1, 0.15) is 5.82 Å². The van der Waals surface area contributed by atoms with Crippen molar-refractivity contribution in [1.29, 1.82) is 0 Å². The van der Waals surface area contributed by atoms with Crippen LogP contribution in [0.2, 0.25) is 0 Å². The summed E-state index contributed by atoms with van der Waals surface area (Å²) >= 11 is 0. The van der Waals surface area contributed by atoms with Crippen molar-refractivity contribution in [2.75, 3.05) is 0 Å². The Hall–Kier alpha value is -1.68. The molecule has 0 saturated heterocycles. The largest absolute Gasteiger partial charge is 0.326 e. The first kappa shape index (κ1) is 12.8. The lowest BCUT2D eigenvalue weighted by molar-refractivity contribution is 0.360. The molecule has 0 aliphatic rings. The monoisotopic (exact) mass is 247 g/mol. The molecule has 2 rings (SSSR count). The number of nitrogens with zero attached hydrogens (tertiary/aromatic N) is 2. The van der Waals surface area contributed by atoms with E-state index in [-0.39, 0.29) is 11.4 Å². The summed E-state index contributed by atoms with van der Waals surface area (Å²) in [7, 11) is 0. The van der Waals surface area contributed by atoms with E-state index in [9.17, 15) is 4.39 Å². The van der Waals surface area contributed by atoms with Gasteiger partial charge in [0.25, 0.3) is 0 Å². The van der Waals surface area contributed by atoms with Crippen molar-refractivity contribution in [3.8, 4) is 11.3 Å². The van der Waals surface area contributed by atoms with E-state index in [0.717, 1.165) is 16.8 Å². The maximum atomic E-state index is 13.0. The van der Waals surface area contributed by atoms with Crippen molar-refractivity contribution in [3.63, 3.8) is 0 Å². The highest BCUT2D eigenvalue weighted by molar-refractivity contribution is 5.63. The van der Waals surface area contributed by atoms with Crippen molar-refractivity contribution in [2.45, 2.75) is 32.9 Å². The number of rotatable bonds is 2. The molecule has 2 N–H and O–H groups in total. The van der Waals surface area contributed by atoms with E-state index in [4.69, 9.17) is 5.73 Å². The predicted molar refractivity (Wildman–Crippen MR) is 70.5 cm³/mol. The van der Waals surface area contributed by atoms with Crippen LogP contribution in [0.3, 0.4) is 0 Å². The zero-order valence-electron chi connectivity index (χ0n) is 10.9. The molecular formula is C14H18FN3. The van der Waals surface area contributed by atoms with Gasteiger partial charge in [-0.25, -0.2) is 4.39 Å². The van der Waals surface area contributed by atoms with E-state index < -0.39 is 0 Å². The first-order valence-electron chi connectivity index (χ1n) is 5.97. The van der Waals surface area contributed by atoms with E-state index in [1.165, 1.54) is 12.1 Å². The van der Waals surface area contributed by atoms with Gasteiger partial charge in [-0.15, -0.1) is 0 Å². The van der Waals surface area contributed by atoms with Crippen LogP contribution in [0.25, 0.3) is 11.3 Å². The van der Waals surface area contributed by atoms with Gasteiger partial charge in [-0.05, 0) is 45.0 Å². The van der Waals surface area contributed by atoms with Gasteiger partial charge >= 0.3 is 0 Å². The van der Waals surface area contributed by atoms with Crippen molar-refractivity contribution in [1.82, 2.24) is 9.78 Å². The number of hydrogen-bond donors (Lipinski definition) is 1. The van der Waals surface area contributed by atoms with Crippen LogP contribution in [0.4, 0.5) is 4.39 Å². The zero-order chi connectivity index (χ0) is 13.3. The summed E-state index contributed by atoms with van der Waals surface area (Å²) in [5, 5.41) is 4.40. The topological polar surface area (TPSA) is 43.8 Å². The second kappa shape index (κ2) is 4.53. The summed E-state index contributed by atoms with van der Waals surface area (Å²) in [5.74, 6) is -0.241. The molecule has 1 aromatic heterocycles. The molecule has 0 radical (unpaired) electrons. The molecule has 0 spiro atoms. The molecule has 0 fully saturated rings. The number of hydrogen-bond acceptors (Lipinski definition) is 2. The van der Waals surface area contributed by atoms with Crippen LogP contribution < -0.4 is 5.73 Å². The quantitative estimate of drug-likeness (QED) is 0.886. The average molecular weight is 247 g/mol. The van der Waals surface area contributed by atoms with Gasteiger partial charge in [-0.2, -0.15) is 5.10 Å². The van der Waals surface area contributed by atoms with E-state index in [1.807, 2.05) is 4.68 Å². The molecule has 0 atom stereocenters. The Bertz CT molecular complexity index is 535. The van der Waals surface area contributed by atoms with Gasteiger partial charge in [-0.3, -0.25) is 4.68 Å². The fourth-order valence-electron chi connectivity index (χ4n) is 1.96. The van der Waals surface area contributed by atoms with Crippen molar-refractivity contribution < 1.29 is 4.39 Å². The molecule has 2 aromatic rings. The highest BCUT2D eigenvalue weighted by Crippen LogP contribution is 2.28. The normalized spacial score (nSPS) is 11.8. The molecule has 18 heavy (non-hydrogen) atoms. The van der Waals surface area contributed by atoms with Crippen molar-refractivity contribution >= 4 is 0 Å². The van der Waals surface area contributed by atoms with Crippen LogP contribution in [0.1, 0.15) is 26.3 Å². The lowest BCUT2D eigenvalue weighted by Crippen LogP contribution is -2.24. The number of benzene rings is 1. The number of nitrogens with two attached hydrogens (primary N) is 1. The molecule has 0 aliphatic heterocycles. The van der Waals surface area contributed by atoms with Crippen LogP contribution in [-0.2, 0) is 12.1 Å². The first-order valence-corrected chi connectivity index (χ1v) is 5.97. The third kappa shape index (κ3) is 2.29. The molecule has 3 nitrogen and oxygen atoms in total. The predicted octanol–water partition coefficient (Wildman–Crippen LogP) is 2.90. The smallest absolute Gasteiger partial charge is 0.123 e. The molecule has 4 heteroatoms. The Labute approximate surface area is 106 Å². The zero-order valence-corrected chi connectivity index (χ0v) is 10.9. The average Bonchev–Trinajstić information content (AvgIpc) is 2.73. The Morgan fingerprint density at radius 2 is 1.83 bits per heavy atom. The minimum Gasteiger partial charge on any atom is -0.326 e. The summed E-state index contributed by atoms with van der Waals surface area (Å²) in [6.45, 7) is 6.65. The minimum atomic E-state index is -0.241. The van der Waals surface area contributed by atoms with E-state index in [0.29, 0.717) is 6.54 Å². The molecule has 1 heterocycles. The lowest BCUT2D eigenvalue weighted by atomic mass is 10.0. The second-order valence-electron chi connectivity index (χ2n) is 5.31. The highest BCUT2D eigenvalue weighted by atomic mass is 19.1. The van der Waals surface area contributed by atoms with Gasteiger partial charge in [0.15, 0.2) is 0 Å². The number of halogens is 1. The lowest BCUT2D eigenvalue weighted by Gasteiger charge is -2.23. The Morgan fingerprint density at radius 3 is 2.33 bits per heavy atom. The maximum Gasteiger partial charge on any atom is 0.123 e. The molecule has 1 aromatic carbocycles. The van der Waals surface area contributed by atoms with Crippen LogP contribution in [-0.4, -0.2) is 9.78 Å².